The fourth-order valence-corrected chi connectivity index (χ4v) is 3.79. The molecule has 1 N–H and O–H groups in total. The highest BCUT2D eigenvalue weighted by atomic mass is 79.9. The Balaban J connectivity index is 1.36. The van der Waals surface area contributed by atoms with E-state index >= 15 is 0 Å². The molecule has 0 radical (unpaired) electrons. The molecule has 0 aliphatic carbocycles. The quantitative estimate of drug-likeness (QED) is 0.715. The van der Waals surface area contributed by atoms with Crippen LogP contribution in [0.5, 0.6) is 0 Å². The van der Waals surface area contributed by atoms with Gasteiger partial charge in [0.2, 0.25) is 11.8 Å². The number of hydrogen-bond donors (Lipinski definition) is 1. The molecule has 5 nitrogen and oxygen atoms in total. The molecule has 1 fully saturated rings. The van der Waals surface area contributed by atoms with E-state index in [0.717, 1.165) is 35.1 Å². The van der Waals surface area contributed by atoms with Crippen molar-refractivity contribution in [1.29, 1.82) is 0 Å². The first-order valence-electron chi connectivity index (χ1n) is 9.66. The van der Waals surface area contributed by atoms with Gasteiger partial charge in [0.1, 0.15) is 0 Å². The van der Waals surface area contributed by atoms with Crippen molar-refractivity contribution in [3.05, 3.63) is 70.2 Å². The van der Waals surface area contributed by atoms with Crippen LogP contribution in [0.1, 0.15) is 17.5 Å². The Bertz CT molecular complexity index is 789. The summed E-state index contributed by atoms with van der Waals surface area (Å²) in [6.45, 7) is 3.76. The van der Waals surface area contributed by atoms with Gasteiger partial charge < -0.3 is 10.2 Å². The molecule has 148 valence electrons. The van der Waals surface area contributed by atoms with E-state index in [-0.39, 0.29) is 11.8 Å². The topological polar surface area (TPSA) is 52.7 Å². The molecule has 0 atom stereocenters. The molecule has 0 spiro atoms. The van der Waals surface area contributed by atoms with Gasteiger partial charge >= 0.3 is 0 Å². The lowest BCUT2D eigenvalue weighted by Gasteiger charge is -2.34. The molecule has 6 heteroatoms. The summed E-state index contributed by atoms with van der Waals surface area (Å²) in [7, 11) is 0. The molecule has 1 saturated heterocycles. The monoisotopic (exact) mass is 443 g/mol. The highest BCUT2D eigenvalue weighted by Crippen LogP contribution is 2.18. The van der Waals surface area contributed by atoms with Crippen LogP contribution < -0.4 is 5.32 Å². The Morgan fingerprint density at radius 2 is 1.61 bits per heavy atom. The van der Waals surface area contributed by atoms with E-state index in [4.69, 9.17) is 0 Å². The third-order valence-electron chi connectivity index (χ3n) is 4.99. The number of aryl methyl sites for hydroxylation is 1. The van der Waals surface area contributed by atoms with Crippen LogP contribution in [0.2, 0.25) is 0 Å². The van der Waals surface area contributed by atoms with Crippen molar-refractivity contribution in [3.63, 3.8) is 0 Å². The van der Waals surface area contributed by atoms with E-state index in [2.05, 4.69) is 26.1 Å². The predicted molar refractivity (Wildman–Crippen MR) is 114 cm³/mol. The second-order valence-corrected chi connectivity index (χ2v) is 7.87. The average Bonchev–Trinajstić information content (AvgIpc) is 2.73. The number of piperazine rings is 1. The Hall–Kier alpha value is -2.18. The van der Waals surface area contributed by atoms with Crippen LogP contribution in [0.15, 0.2) is 59.1 Å². The lowest BCUT2D eigenvalue weighted by atomic mass is 10.1. The molecular formula is C22H26BrN3O2. The maximum atomic E-state index is 12.5. The van der Waals surface area contributed by atoms with E-state index in [1.165, 1.54) is 0 Å². The van der Waals surface area contributed by atoms with Crippen LogP contribution in [0.25, 0.3) is 0 Å². The minimum absolute atomic E-state index is 0.0255. The average molecular weight is 444 g/mol. The van der Waals surface area contributed by atoms with Crippen LogP contribution in [-0.4, -0.2) is 54.3 Å². The van der Waals surface area contributed by atoms with Gasteiger partial charge in [-0.3, -0.25) is 14.5 Å². The number of nitrogens with zero attached hydrogens (tertiary/aromatic N) is 2. The standard InChI is InChI=1S/C22H26BrN3O2/c23-20-9-5-4-8-19(20)10-11-22(28)26-14-12-25(13-15-26)17-21(27)24-16-18-6-2-1-3-7-18/h1-9H,10-17H2,(H,24,27). The van der Waals surface area contributed by atoms with Crippen molar-refractivity contribution in [3.8, 4) is 0 Å². The Morgan fingerprint density at radius 1 is 0.929 bits per heavy atom. The number of rotatable bonds is 7. The molecule has 1 heterocycles. The van der Waals surface area contributed by atoms with Crippen LogP contribution in [0.4, 0.5) is 0 Å². The SMILES string of the molecule is O=C(CN1CCN(C(=O)CCc2ccccc2Br)CC1)NCc1ccccc1. The van der Waals surface area contributed by atoms with E-state index in [0.29, 0.717) is 32.6 Å². The van der Waals surface area contributed by atoms with E-state index in [1.807, 2.05) is 59.5 Å². The summed E-state index contributed by atoms with van der Waals surface area (Å²) in [5.74, 6) is 0.210. The normalized spacial score (nSPS) is 14.7. The second kappa shape index (κ2) is 10.4. The van der Waals surface area contributed by atoms with E-state index < -0.39 is 0 Å². The van der Waals surface area contributed by atoms with Crippen molar-refractivity contribution < 1.29 is 9.59 Å². The molecule has 1 aliphatic rings. The minimum atomic E-state index is 0.0255. The summed E-state index contributed by atoms with van der Waals surface area (Å²) in [5.41, 5.74) is 2.25. The first-order chi connectivity index (χ1) is 13.6. The summed E-state index contributed by atoms with van der Waals surface area (Å²) in [4.78, 5) is 28.7. The van der Waals surface area contributed by atoms with Gasteiger partial charge in [-0.15, -0.1) is 0 Å². The number of nitrogens with one attached hydrogen (secondary N) is 1. The van der Waals surface area contributed by atoms with Crippen molar-refractivity contribution in [2.45, 2.75) is 19.4 Å². The summed E-state index contributed by atoms with van der Waals surface area (Å²) >= 11 is 3.53. The van der Waals surface area contributed by atoms with Gasteiger partial charge in [-0.1, -0.05) is 64.5 Å². The van der Waals surface area contributed by atoms with Crippen molar-refractivity contribution in [1.82, 2.24) is 15.1 Å². The van der Waals surface area contributed by atoms with Crippen molar-refractivity contribution in [2.24, 2.45) is 0 Å². The third kappa shape index (κ3) is 6.17. The van der Waals surface area contributed by atoms with Crippen LogP contribution in [0, 0.1) is 0 Å². The maximum absolute atomic E-state index is 12.5. The van der Waals surface area contributed by atoms with Gasteiger partial charge in [0, 0.05) is 43.6 Å². The van der Waals surface area contributed by atoms with Crippen molar-refractivity contribution in [2.75, 3.05) is 32.7 Å². The molecule has 2 aromatic carbocycles. The number of benzene rings is 2. The Morgan fingerprint density at radius 3 is 2.32 bits per heavy atom. The Kier molecular flexibility index (Phi) is 7.62. The van der Waals surface area contributed by atoms with Crippen LogP contribution >= 0.6 is 15.9 Å². The third-order valence-corrected chi connectivity index (χ3v) is 5.76. The summed E-state index contributed by atoms with van der Waals surface area (Å²) in [6, 6.07) is 17.9. The lowest BCUT2D eigenvalue weighted by molar-refractivity contribution is -0.133. The molecule has 1 aliphatic heterocycles. The molecule has 2 amide bonds. The van der Waals surface area contributed by atoms with E-state index in [9.17, 15) is 9.59 Å². The number of carbonyl (C=O) groups excluding carboxylic acids is 2. The first kappa shape index (κ1) is 20.6. The zero-order chi connectivity index (χ0) is 19.8. The number of amides is 2. The minimum Gasteiger partial charge on any atom is -0.351 e. The fraction of sp³-hybridized carbons (Fsp3) is 0.364. The molecule has 0 saturated carbocycles. The second-order valence-electron chi connectivity index (χ2n) is 7.01. The maximum Gasteiger partial charge on any atom is 0.234 e. The zero-order valence-electron chi connectivity index (χ0n) is 15.9. The molecule has 0 unspecified atom stereocenters. The lowest BCUT2D eigenvalue weighted by Crippen LogP contribution is -2.51. The Labute approximate surface area is 174 Å². The van der Waals surface area contributed by atoms with Crippen LogP contribution in [0.3, 0.4) is 0 Å². The highest BCUT2D eigenvalue weighted by Gasteiger charge is 2.22. The molecule has 3 rings (SSSR count). The molecule has 2 aromatic rings. The molecule has 0 bridgehead atoms. The number of carbonyl (C=O) groups is 2. The number of halogens is 1. The molecular weight excluding hydrogens is 418 g/mol. The summed E-state index contributed by atoms with van der Waals surface area (Å²) < 4.78 is 1.05. The van der Waals surface area contributed by atoms with Crippen LogP contribution in [-0.2, 0) is 22.6 Å². The van der Waals surface area contributed by atoms with Gasteiger partial charge in [-0.05, 0) is 23.6 Å². The summed E-state index contributed by atoms with van der Waals surface area (Å²) in [6.07, 6.45) is 1.25. The largest absolute Gasteiger partial charge is 0.351 e. The van der Waals surface area contributed by atoms with Crippen molar-refractivity contribution >= 4 is 27.7 Å². The van der Waals surface area contributed by atoms with E-state index in [1.54, 1.807) is 0 Å². The highest BCUT2D eigenvalue weighted by molar-refractivity contribution is 9.10. The predicted octanol–water partition coefficient (Wildman–Crippen LogP) is 2.84. The van der Waals surface area contributed by atoms with Gasteiger partial charge in [0.05, 0.1) is 6.54 Å². The van der Waals surface area contributed by atoms with Gasteiger partial charge in [-0.25, -0.2) is 0 Å². The van der Waals surface area contributed by atoms with Gasteiger partial charge in [0.15, 0.2) is 0 Å². The smallest absolute Gasteiger partial charge is 0.234 e. The molecule has 28 heavy (non-hydrogen) atoms. The first-order valence-corrected chi connectivity index (χ1v) is 10.5. The molecule has 0 aromatic heterocycles. The number of hydrogen-bond acceptors (Lipinski definition) is 3. The summed E-state index contributed by atoms with van der Waals surface area (Å²) in [5, 5.41) is 2.96. The zero-order valence-corrected chi connectivity index (χ0v) is 17.5. The van der Waals surface area contributed by atoms with Gasteiger partial charge in [-0.2, -0.15) is 0 Å². The van der Waals surface area contributed by atoms with Gasteiger partial charge in [0.25, 0.3) is 0 Å². The fourth-order valence-electron chi connectivity index (χ4n) is 3.31.